The van der Waals surface area contributed by atoms with Crippen LogP contribution in [0, 0.1) is 12.7 Å². The molecule has 0 spiro atoms. The number of aromatic nitrogens is 2. The van der Waals surface area contributed by atoms with Crippen LogP contribution < -0.4 is 10.6 Å². The van der Waals surface area contributed by atoms with Crippen molar-refractivity contribution in [1.29, 1.82) is 0 Å². The molecule has 3 aromatic rings. The first kappa shape index (κ1) is 18.8. The molecule has 0 fully saturated rings. The van der Waals surface area contributed by atoms with E-state index in [0.717, 1.165) is 16.8 Å². The van der Waals surface area contributed by atoms with E-state index in [9.17, 15) is 9.18 Å². The maximum Gasteiger partial charge on any atom is 0.271 e. The van der Waals surface area contributed by atoms with Crippen molar-refractivity contribution >= 4 is 29.0 Å². The van der Waals surface area contributed by atoms with Crippen molar-refractivity contribution in [2.45, 2.75) is 13.3 Å². The van der Waals surface area contributed by atoms with Gasteiger partial charge in [-0.2, -0.15) is 0 Å². The molecule has 0 aliphatic heterocycles. The van der Waals surface area contributed by atoms with E-state index < -0.39 is 0 Å². The molecule has 0 aliphatic rings. The summed E-state index contributed by atoms with van der Waals surface area (Å²) in [6.45, 7) is 2.36. The molecule has 2 aromatic carbocycles. The Hall–Kier alpha value is -2.99. The molecule has 0 radical (unpaired) electrons. The van der Waals surface area contributed by atoms with Gasteiger partial charge in [0.25, 0.3) is 5.91 Å². The number of hydrogen-bond acceptors (Lipinski definition) is 4. The molecular formula is C20H18ClFN4O. The van der Waals surface area contributed by atoms with E-state index in [-0.39, 0.29) is 17.4 Å². The zero-order chi connectivity index (χ0) is 19.2. The Labute approximate surface area is 161 Å². The molecule has 5 nitrogen and oxygen atoms in total. The van der Waals surface area contributed by atoms with Crippen LogP contribution in [0.5, 0.6) is 0 Å². The first-order chi connectivity index (χ1) is 13.0. The molecule has 0 unspecified atom stereocenters. The van der Waals surface area contributed by atoms with Crippen molar-refractivity contribution in [1.82, 2.24) is 15.3 Å². The molecule has 3 rings (SSSR count). The van der Waals surface area contributed by atoms with Gasteiger partial charge in [-0.3, -0.25) is 4.79 Å². The van der Waals surface area contributed by atoms with E-state index in [2.05, 4.69) is 20.6 Å². The minimum atomic E-state index is -0.307. The van der Waals surface area contributed by atoms with Gasteiger partial charge in [-0.25, -0.2) is 14.4 Å². The van der Waals surface area contributed by atoms with Gasteiger partial charge in [0.05, 0.1) is 12.4 Å². The molecule has 1 aromatic heterocycles. The van der Waals surface area contributed by atoms with E-state index in [1.54, 1.807) is 18.2 Å². The summed E-state index contributed by atoms with van der Waals surface area (Å²) in [4.78, 5) is 20.5. The van der Waals surface area contributed by atoms with E-state index in [0.29, 0.717) is 23.8 Å². The second-order valence-corrected chi connectivity index (χ2v) is 6.44. The number of hydrogen-bond donors (Lipinski definition) is 2. The Morgan fingerprint density at radius 2 is 1.89 bits per heavy atom. The predicted molar refractivity (Wildman–Crippen MR) is 104 cm³/mol. The number of amides is 1. The van der Waals surface area contributed by atoms with Crippen molar-refractivity contribution < 1.29 is 9.18 Å². The number of nitrogens with zero attached hydrogens (tertiary/aromatic N) is 2. The summed E-state index contributed by atoms with van der Waals surface area (Å²) >= 11 is 5.95. The highest BCUT2D eigenvalue weighted by Gasteiger charge is 2.08. The van der Waals surface area contributed by atoms with Crippen LogP contribution in [0.2, 0.25) is 5.02 Å². The van der Waals surface area contributed by atoms with Gasteiger partial charge in [-0.15, -0.1) is 0 Å². The molecule has 0 atom stereocenters. The molecule has 1 amide bonds. The van der Waals surface area contributed by atoms with Crippen LogP contribution in [0.15, 0.2) is 54.9 Å². The van der Waals surface area contributed by atoms with Gasteiger partial charge in [-0.05, 0) is 54.8 Å². The van der Waals surface area contributed by atoms with Crippen LogP contribution in [0.4, 0.5) is 15.9 Å². The lowest BCUT2D eigenvalue weighted by Crippen LogP contribution is -2.26. The second-order valence-electron chi connectivity index (χ2n) is 6.00. The maximum atomic E-state index is 12.9. The molecule has 27 heavy (non-hydrogen) atoms. The number of carbonyl (C=O) groups excluding carboxylic acids is 1. The van der Waals surface area contributed by atoms with Crippen molar-refractivity contribution in [3.63, 3.8) is 0 Å². The summed E-state index contributed by atoms with van der Waals surface area (Å²) in [5.41, 5.74) is 3.02. The summed E-state index contributed by atoms with van der Waals surface area (Å²) in [7, 11) is 0. The topological polar surface area (TPSA) is 66.9 Å². The quantitative estimate of drug-likeness (QED) is 0.665. The molecule has 1 heterocycles. The average Bonchev–Trinajstić information content (AvgIpc) is 2.66. The first-order valence-corrected chi connectivity index (χ1v) is 8.77. The van der Waals surface area contributed by atoms with E-state index in [1.165, 1.54) is 24.5 Å². The number of nitrogens with one attached hydrogen (secondary N) is 2. The lowest BCUT2D eigenvalue weighted by atomic mass is 10.1. The summed E-state index contributed by atoms with van der Waals surface area (Å²) < 4.78 is 12.9. The number of benzene rings is 2. The minimum absolute atomic E-state index is 0.229. The molecule has 0 aliphatic carbocycles. The van der Waals surface area contributed by atoms with E-state index in [1.807, 2.05) is 19.1 Å². The molecule has 0 saturated carbocycles. The van der Waals surface area contributed by atoms with Gasteiger partial charge >= 0.3 is 0 Å². The zero-order valence-corrected chi connectivity index (χ0v) is 15.4. The monoisotopic (exact) mass is 384 g/mol. The van der Waals surface area contributed by atoms with Crippen LogP contribution in [-0.2, 0) is 6.42 Å². The predicted octanol–water partition coefficient (Wildman–Crippen LogP) is 4.29. The highest BCUT2D eigenvalue weighted by molar-refractivity contribution is 6.30. The fraction of sp³-hybridized carbons (Fsp3) is 0.150. The van der Waals surface area contributed by atoms with Crippen LogP contribution in [0.3, 0.4) is 0 Å². The summed E-state index contributed by atoms with van der Waals surface area (Å²) in [5, 5.41) is 6.58. The normalized spacial score (nSPS) is 10.5. The highest BCUT2D eigenvalue weighted by Crippen LogP contribution is 2.22. The molecule has 0 saturated heterocycles. The second kappa shape index (κ2) is 8.60. The summed E-state index contributed by atoms with van der Waals surface area (Å²) in [6, 6.07) is 11.7. The SMILES string of the molecule is Cc1cc(Cl)ccc1Nc1cnc(C(=O)NCCc2ccc(F)cc2)cn1. The molecule has 2 N–H and O–H groups in total. The Morgan fingerprint density at radius 1 is 1.11 bits per heavy atom. The van der Waals surface area contributed by atoms with Gasteiger partial charge in [0, 0.05) is 17.3 Å². The minimum Gasteiger partial charge on any atom is -0.350 e. The van der Waals surface area contributed by atoms with Gasteiger partial charge in [0.2, 0.25) is 0 Å². The smallest absolute Gasteiger partial charge is 0.271 e. The number of aryl methyl sites for hydroxylation is 1. The number of carbonyl (C=O) groups is 1. The third kappa shape index (κ3) is 5.24. The number of rotatable bonds is 6. The van der Waals surface area contributed by atoms with Gasteiger partial charge in [0.15, 0.2) is 0 Å². The third-order valence-electron chi connectivity index (χ3n) is 3.95. The van der Waals surface area contributed by atoms with Gasteiger partial charge < -0.3 is 10.6 Å². The fourth-order valence-electron chi connectivity index (χ4n) is 2.48. The Morgan fingerprint density at radius 3 is 2.56 bits per heavy atom. The Kier molecular flexibility index (Phi) is 5.98. The standard InChI is InChI=1S/C20H18ClFN4O/c1-13-10-15(21)4-7-17(13)26-19-12-24-18(11-25-19)20(27)23-9-8-14-2-5-16(22)6-3-14/h2-7,10-12H,8-9H2,1H3,(H,23,27)(H,25,26). The van der Waals surface area contributed by atoms with E-state index in [4.69, 9.17) is 11.6 Å². The van der Waals surface area contributed by atoms with Crippen LogP contribution in [0.1, 0.15) is 21.6 Å². The molecule has 7 heteroatoms. The van der Waals surface area contributed by atoms with Crippen molar-refractivity contribution in [3.8, 4) is 0 Å². The summed E-state index contributed by atoms with van der Waals surface area (Å²) in [6.07, 6.45) is 3.53. The van der Waals surface area contributed by atoms with Gasteiger partial charge in [0.1, 0.15) is 17.3 Å². The van der Waals surface area contributed by atoms with Crippen LogP contribution >= 0.6 is 11.6 Å². The molecule has 0 bridgehead atoms. The van der Waals surface area contributed by atoms with Crippen molar-refractivity contribution in [2.24, 2.45) is 0 Å². The summed E-state index contributed by atoms with van der Waals surface area (Å²) in [5.74, 6) is -0.0531. The van der Waals surface area contributed by atoms with Crippen LogP contribution in [0.25, 0.3) is 0 Å². The zero-order valence-electron chi connectivity index (χ0n) is 14.7. The Bertz CT molecular complexity index is 930. The maximum absolute atomic E-state index is 12.9. The van der Waals surface area contributed by atoms with Crippen molar-refractivity contribution in [2.75, 3.05) is 11.9 Å². The third-order valence-corrected chi connectivity index (χ3v) is 4.18. The average molecular weight is 385 g/mol. The van der Waals surface area contributed by atoms with E-state index >= 15 is 0 Å². The lowest BCUT2D eigenvalue weighted by molar-refractivity contribution is 0.0949. The number of halogens is 2. The van der Waals surface area contributed by atoms with Crippen LogP contribution in [-0.4, -0.2) is 22.4 Å². The van der Waals surface area contributed by atoms with Crippen molar-refractivity contribution in [3.05, 3.63) is 82.5 Å². The lowest BCUT2D eigenvalue weighted by Gasteiger charge is -2.09. The highest BCUT2D eigenvalue weighted by atomic mass is 35.5. The Balaban J connectivity index is 1.54. The fourth-order valence-corrected chi connectivity index (χ4v) is 2.70. The number of anilines is 2. The van der Waals surface area contributed by atoms with Gasteiger partial charge in [-0.1, -0.05) is 23.7 Å². The first-order valence-electron chi connectivity index (χ1n) is 8.39. The largest absolute Gasteiger partial charge is 0.350 e. The molecule has 138 valence electrons. The molecular weight excluding hydrogens is 367 g/mol.